The summed E-state index contributed by atoms with van der Waals surface area (Å²) in [4.78, 5) is 78.6. The van der Waals surface area contributed by atoms with Gasteiger partial charge >= 0.3 is 0 Å². The molecule has 462 valence electrons. The van der Waals surface area contributed by atoms with Crippen molar-refractivity contribution in [3.05, 3.63) is 166 Å². The maximum atomic E-state index is 12.8. The number of hydrogen-bond acceptors (Lipinski definition) is 24. The number of primary amides is 1. The van der Waals surface area contributed by atoms with Crippen LogP contribution in [-0.4, -0.2) is 160 Å². The van der Waals surface area contributed by atoms with E-state index in [9.17, 15) is 49.8 Å². The van der Waals surface area contributed by atoms with Gasteiger partial charge in [0.15, 0.2) is 47.0 Å². The fourth-order valence-electron chi connectivity index (χ4n) is 10.9. The number of carbonyl (C=O) groups is 3. The van der Waals surface area contributed by atoms with Crippen LogP contribution in [0.4, 0.5) is 23.1 Å². The highest BCUT2D eigenvalue weighted by atomic mass is 16.6. The van der Waals surface area contributed by atoms with Gasteiger partial charge in [-0.2, -0.15) is 5.10 Å². The van der Waals surface area contributed by atoms with Gasteiger partial charge in [-0.05, 0) is 73.5 Å². The van der Waals surface area contributed by atoms with Gasteiger partial charge in [0, 0.05) is 67.0 Å². The normalized spacial score (nSPS) is 20.1. The number of ketones is 1. The lowest BCUT2D eigenvalue weighted by molar-refractivity contribution is -0.114. The first-order chi connectivity index (χ1) is 43.2. The number of amides is 2. The third-order valence-electron chi connectivity index (χ3n) is 15.4. The zero-order chi connectivity index (χ0) is 63.8. The van der Waals surface area contributed by atoms with Crippen LogP contribution >= 0.6 is 0 Å². The summed E-state index contributed by atoms with van der Waals surface area (Å²) < 4.78 is 15.7. The quantitative estimate of drug-likeness (QED) is 0.0735. The Morgan fingerprint density at radius 2 is 1.36 bits per heavy atom. The number of aliphatic hydroxyl groups excluding tert-OH is 6. The number of aryl methyl sites for hydroxylation is 2. The third kappa shape index (κ3) is 11.7. The number of aromatic nitrogens is 10. The molecule has 0 spiro atoms. The summed E-state index contributed by atoms with van der Waals surface area (Å²) >= 11 is 0. The number of fused-ring (bicyclic) bond motifs is 2. The number of nitrogen functional groups attached to an aromatic ring is 2. The number of carbonyl (C=O) groups excluding carboxylic acids is 3. The van der Waals surface area contributed by atoms with Crippen LogP contribution in [0.5, 0.6) is 0 Å². The molecule has 8 unspecified atom stereocenters. The van der Waals surface area contributed by atoms with E-state index in [4.69, 9.17) is 42.4 Å². The Morgan fingerprint density at radius 3 is 2.00 bits per heavy atom. The number of Topliss-reactive ketones (excluding diaryl/α,β-unsaturated/α-hetero) is 1. The van der Waals surface area contributed by atoms with Crippen LogP contribution in [0.1, 0.15) is 63.2 Å². The maximum Gasteiger partial charge on any atom is 0.254 e. The standard InChI is InChI=1S/C35H30N6O2.C13H16N6O4.C13H15N5O6/c1-22-6-3-8-26(20-22)32(43)18-13-24-11-14-28(15-12-24)41-34(29-10-5-19-37-33(29)36)40-31-17-16-30(39-35(31)41)25-7-4-9-27(21-25)38-23(2)42;1-18-11-7-5(10(14)17-18)2-19(12(7)16-4-15-11)13-9(22)8(21)6(3-20)23-13;14-10-6-7(20)4(11(15)23)1-18(12(6)17-3-16-10)13-9(22)8(21)5(2-19)24-13/h3-12,14-17,19-21H,13,18H2,1-2H3,(H2,36,37)(H,38,42);2,4,6,8-9,13,20-22H,3H2,1H3,(H2,14,17);1,3,5,8-9,13,19,21-22H,2H2,(H2,15,23)(H2,14,16,17). The molecule has 0 aliphatic carbocycles. The number of nitrogens with one attached hydrogen (secondary N) is 1. The van der Waals surface area contributed by atoms with Gasteiger partial charge in [-0.25, -0.2) is 39.9 Å². The molecule has 2 fully saturated rings. The molecular weight excluding hydrogens is 1160 g/mol. The number of amidine groups is 1. The molecule has 2 saturated heterocycles. The molecule has 15 N–H and O–H groups in total. The highest BCUT2D eigenvalue weighted by Gasteiger charge is 2.46. The number of imidazole rings is 1. The van der Waals surface area contributed by atoms with E-state index < -0.39 is 79.2 Å². The molecule has 0 radical (unpaired) electrons. The Bertz CT molecular complexity index is 4500. The zero-order valence-corrected chi connectivity index (χ0v) is 48.4. The number of hydrogen-bond donors (Lipinski definition) is 11. The molecule has 3 aliphatic heterocycles. The van der Waals surface area contributed by atoms with Gasteiger partial charge in [-0.3, -0.25) is 23.7 Å². The van der Waals surface area contributed by atoms with E-state index in [0.29, 0.717) is 75.1 Å². The molecule has 8 atom stereocenters. The lowest BCUT2D eigenvalue weighted by Gasteiger charge is -2.21. The van der Waals surface area contributed by atoms with Crippen LogP contribution in [0, 0.1) is 6.92 Å². The predicted molar refractivity (Wildman–Crippen MR) is 329 cm³/mol. The minimum atomic E-state index is -1.44. The third-order valence-corrected chi connectivity index (χ3v) is 15.4. The molecule has 10 aromatic rings. The molecular formula is C61H61N17O12. The van der Waals surface area contributed by atoms with Gasteiger partial charge < -0.3 is 77.5 Å². The van der Waals surface area contributed by atoms with Crippen molar-refractivity contribution < 1.29 is 54.5 Å². The van der Waals surface area contributed by atoms with Crippen LogP contribution < -0.4 is 38.7 Å². The average molecular weight is 1220 g/mol. The second-order valence-corrected chi connectivity index (χ2v) is 21.4. The van der Waals surface area contributed by atoms with Gasteiger partial charge in [-0.1, -0.05) is 48.0 Å². The summed E-state index contributed by atoms with van der Waals surface area (Å²) in [6.07, 6.45) is -1.30. The second kappa shape index (κ2) is 25.3. The van der Waals surface area contributed by atoms with Crippen molar-refractivity contribution in [3.63, 3.8) is 0 Å². The topological polar surface area (TPSA) is 445 Å². The van der Waals surface area contributed by atoms with Crippen molar-refractivity contribution in [2.45, 2.75) is 75.8 Å². The number of hydrazone groups is 1. The fraction of sp³-hybridized carbons (Fsp3) is 0.246. The minimum absolute atomic E-state index is 0.00709. The smallest absolute Gasteiger partial charge is 0.254 e. The number of rotatable bonds is 13. The molecule has 10 heterocycles. The molecule has 0 bridgehead atoms. The summed E-state index contributed by atoms with van der Waals surface area (Å²) in [5.41, 5.74) is 31.2. The number of ether oxygens (including phenoxy) is 2. The van der Waals surface area contributed by atoms with E-state index in [2.05, 4.69) is 35.3 Å². The summed E-state index contributed by atoms with van der Waals surface area (Å²) in [5.74, 6) is 0.685. The van der Waals surface area contributed by atoms with Gasteiger partial charge in [0.1, 0.15) is 83.0 Å². The molecule has 29 heteroatoms. The van der Waals surface area contributed by atoms with Crippen molar-refractivity contribution in [2.24, 2.45) is 16.6 Å². The van der Waals surface area contributed by atoms with Gasteiger partial charge in [0.05, 0.1) is 29.9 Å². The lowest BCUT2D eigenvalue weighted by atomic mass is 10.0. The number of anilines is 4. The predicted octanol–water partition coefficient (Wildman–Crippen LogP) is 2.01. The van der Waals surface area contributed by atoms with Gasteiger partial charge in [0.2, 0.25) is 11.3 Å². The van der Waals surface area contributed by atoms with E-state index in [0.717, 1.165) is 46.2 Å². The first-order valence-corrected chi connectivity index (χ1v) is 28.1. The summed E-state index contributed by atoms with van der Waals surface area (Å²) in [7, 11) is 1.72. The summed E-state index contributed by atoms with van der Waals surface area (Å²) in [6.45, 7) is 2.54. The number of nitrogens with two attached hydrogens (primary N) is 4. The Balaban J connectivity index is 0.000000150. The summed E-state index contributed by atoms with van der Waals surface area (Å²) in [5, 5.41) is 67.8. The largest absolute Gasteiger partial charge is 0.394 e. The fourth-order valence-corrected chi connectivity index (χ4v) is 10.9. The summed E-state index contributed by atoms with van der Waals surface area (Å²) in [6, 6.07) is 30.9. The maximum absolute atomic E-state index is 12.8. The van der Waals surface area contributed by atoms with E-state index in [1.165, 1.54) is 17.8 Å². The monoisotopic (exact) mass is 1220 g/mol. The van der Waals surface area contributed by atoms with Crippen LogP contribution in [-0.2, 0) is 20.7 Å². The Kier molecular flexibility index (Phi) is 17.2. The van der Waals surface area contributed by atoms with E-state index in [1.807, 2.05) is 109 Å². The molecule has 13 rings (SSSR count). The van der Waals surface area contributed by atoms with E-state index in [1.54, 1.807) is 29.0 Å². The Morgan fingerprint density at radius 1 is 0.689 bits per heavy atom. The van der Waals surface area contributed by atoms with Crippen LogP contribution in [0.2, 0.25) is 0 Å². The molecule has 0 saturated carbocycles. The van der Waals surface area contributed by atoms with Crippen molar-refractivity contribution in [1.82, 2.24) is 48.6 Å². The van der Waals surface area contributed by atoms with E-state index in [-0.39, 0.29) is 28.5 Å². The SMILES string of the molecule is CC(=O)Nc1cccc(-c2ccc3nc(-c4cccnc4N)n(-c4ccc(CCC(=O)c5cccc(C)c5)cc4)c3n2)c1.CN1N=C(N)c2cn(C3OC(CO)C(O)C3O)c3ncnc1c23.NC(=O)c1cn(C2OC(CO)C(O)C2O)c2ncnc(N)c2c1=O. The molecule has 2 amide bonds. The number of aliphatic hydroxyl groups is 6. The molecule has 90 heavy (non-hydrogen) atoms. The second-order valence-electron chi connectivity index (χ2n) is 21.4. The zero-order valence-electron chi connectivity index (χ0n) is 48.4. The molecule has 3 aliphatic rings. The first-order valence-electron chi connectivity index (χ1n) is 28.1. The van der Waals surface area contributed by atoms with Crippen molar-refractivity contribution in [1.29, 1.82) is 0 Å². The molecule has 29 nitrogen and oxygen atoms in total. The van der Waals surface area contributed by atoms with Crippen LogP contribution in [0.15, 0.2) is 138 Å². The highest BCUT2D eigenvalue weighted by molar-refractivity contribution is 6.14. The highest BCUT2D eigenvalue weighted by Crippen LogP contribution is 2.38. The van der Waals surface area contributed by atoms with Crippen LogP contribution in [0.25, 0.3) is 61.6 Å². The van der Waals surface area contributed by atoms with Crippen LogP contribution in [0.3, 0.4) is 0 Å². The first kappa shape index (κ1) is 61.2. The van der Waals surface area contributed by atoms with Crippen molar-refractivity contribution in [3.8, 4) is 28.3 Å². The Hall–Kier alpha value is -10.5. The molecule has 7 aromatic heterocycles. The van der Waals surface area contributed by atoms with Crippen molar-refractivity contribution >= 4 is 79.8 Å². The van der Waals surface area contributed by atoms with Crippen molar-refractivity contribution in [2.75, 3.05) is 42.1 Å². The lowest BCUT2D eigenvalue weighted by Crippen LogP contribution is -2.34. The number of nitrogens with zero attached hydrogens (tertiary/aromatic N) is 12. The van der Waals surface area contributed by atoms with Gasteiger partial charge in [0.25, 0.3) is 5.91 Å². The average Bonchev–Trinajstić information content (AvgIpc) is 1.76. The Labute approximate surface area is 510 Å². The van der Waals surface area contributed by atoms with Gasteiger partial charge in [-0.15, -0.1) is 0 Å². The number of pyridine rings is 3. The minimum Gasteiger partial charge on any atom is -0.394 e. The van der Waals surface area contributed by atoms with E-state index >= 15 is 0 Å². The molecule has 3 aromatic carbocycles. The number of benzene rings is 3.